The molecular weight excluding hydrogens is 1030 g/mol. The number of hydrogen-bond acceptors (Lipinski definition) is 2. The maximum Gasteiger partial charge on any atom is 0.0349 e. The molecule has 16 aromatic rings. The quantitative estimate of drug-likeness (QED) is 0.126. The summed E-state index contributed by atoms with van der Waals surface area (Å²) in [6.45, 7) is 0. The number of thiophene rings is 2. The number of fused-ring (bicyclic) bond motifs is 6. The predicted molar refractivity (Wildman–Crippen MR) is 356 cm³/mol. The van der Waals surface area contributed by atoms with Gasteiger partial charge in [0.15, 0.2) is 0 Å². The van der Waals surface area contributed by atoms with E-state index in [1.54, 1.807) is 0 Å². The molecule has 2 heteroatoms. The number of hydrogen-bond donors (Lipinski definition) is 0. The summed E-state index contributed by atoms with van der Waals surface area (Å²) < 4.78 is 0. The fourth-order valence-corrected chi connectivity index (χ4v) is 14.8. The molecule has 382 valence electrons. The molecule has 0 nitrogen and oxygen atoms in total. The third-order valence-corrected chi connectivity index (χ3v) is 19.1. The molecule has 0 amide bonds. The normalized spacial score (nSPS) is 11.7. The minimum Gasteiger partial charge on any atom is -0.135 e. The van der Waals surface area contributed by atoms with E-state index < -0.39 is 0 Å². The summed E-state index contributed by atoms with van der Waals surface area (Å²) in [5.74, 6) is 0. The Hall–Kier alpha value is -9.96. The first-order chi connectivity index (χ1) is 40.6. The van der Waals surface area contributed by atoms with E-state index in [9.17, 15) is 0 Å². The zero-order valence-corrected chi connectivity index (χ0v) is 46.3. The summed E-state index contributed by atoms with van der Waals surface area (Å²) in [7, 11) is 0. The molecule has 0 saturated carbocycles. The zero-order chi connectivity index (χ0) is 54.1. The summed E-state index contributed by atoms with van der Waals surface area (Å²) in [5, 5.41) is 15.1. The Morgan fingerprint density at radius 3 is 0.902 bits per heavy atom. The molecule has 0 atom stereocenters. The van der Waals surface area contributed by atoms with E-state index in [-0.39, 0.29) is 0 Å². The van der Waals surface area contributed by atoms with Crippen LogP contribution in [-0.2, 0) is 0 Å². The number of rotatable bonds is 9. The Balaban J connectivity index is 0.672. The minimum absolute atomic E-state index is 1.21. The molecule has 0 aliphatic heterocycles. The number of benzene rings is 14. The van der Waals surface area contributed by atoms with Crippen molar-refractivity contribution >= 4 is 87.3 Å². The molecule has 82 heavy (non-hydrogen) atoms. The summed E-state index contributed by atoms with van der Waals surface area (Å²) in [4.78, 5) is 5.07. The Kier molecular flexibility index (Phi) is 11.7. The van der Waals surface area contributed by atoms with Crippen molar-refractivity contribution in [2.24, 2.45) is 0 Å². The lowest BCUT2D eigenvalue weighted by atomic mass is 9.85. The molecule has 0 fully saturated rings. The highest BCUT2D eigenvalue weighted by atomic mass is 32.1. The molecule has 0 radical (unpaired) electrons. The van der Waals surface area contributed by atoms with Gasteiger partial charge in [0.25, 0.3) is 0 Å². The molecule has 0 aliphatic carbocycles. The van der Waals surface area contributed by atoms with Gasteiger partial charge in [-0.15, -0.1) is 22.7 Å². The van der Waals surface area contributed by atoms with Crippen LogP contribution in [0.25, 0.3) is 162 Å². The predicted octanol–water partition coefficient (Wildman–Crippen LogP) is 23.7. The van der Waals surface area contributed by atoms with Crippen molar-refractivity contribution in [2.45, 2.75) is 0 Å². The lowest BCUT2D eigenvalue weighted by Gasteiger charge is -2.18. The zero-order valence-electron chi connectivity index (χ0n) is 44.7. The standard InChI is InChI=1S/C80H50S2/c1-2-16-53(17-3-1)73-45-46-76(82-73)61-19-14-20-62(50-61)78-69-25-10-12-27-71(69)80(72-28-13-11-26-70(72)78)64-42-40-59-47-58(38-39-60(59)49-64)52-29-32-54(33-30-52)74-43-44-75(81-74)55-34-36-56(37-35-55)77-65-21-6-8-23-67(65)79(68-24-9-7-22-66(68)77)63-41-31-51-15-4-5-18-57(51)48-63/h1-50H. The van der Waals surface area contributed by atoms with Crippen LogP contribution >= 0.6 is 22.7 Å². The van der Waals surface area contributed by atoms with Crippen LogP contribution in [0.3, 0.4) is 0 Å². The van der Waals surface area contributed by atoms with Crippen molar-refractivity contribution < 1.29 is 0 Å². The first-order valence-corrected chi connectivity index (χ1v) is 29.7. The highest BCUT2D eigenvalue weighted by Gasteiger charge is 2.20. The first-order valence-electron chi connectivity index (χ1n) is 28.1. The van der Waals surface area contributed by atoms with Crippen LogP contribution in [0.2, 0.25) is 0 Å². The van der Waals surface area contributed by atoms with Crippen molar-refractivity contribution in [3.63, 3.8) is 0 Å². The van der Waals surface area contributed by atoms with Crippen LogP contribution in [0.4, 0.5) is 0 Å². The molecule has 2 heterocycles. The molecule has 0 unspecified atom stereocenters. The fourth-order valence-electron chi connectivity index (χ4n) is 12.8. The minimum atomic E-state index is 1.21. The van der Waals surface area contributed by atoms with Crippen molar-refractivity contribution in [3.05, 3.63) is 303 Å². The lowest BCUT2D eigenvalue weighted by molar-refractivity contribution is 1.63. The summed E-state index contributed by atoms with van der Waals surface area (Å²) in [6, 6.07) is 112. The van der Waals surface area contributed by atoms with Gasteiger partial charge in [-0.1, -0.05) is 255 Å². The molecule has 0 spiro atoms. The average molecular weight is 1080 g/mol. The Morgan fingerprint density at radius 2 is 0.427 bits per heavy atom. The van der Waals surface area contributed by atoms with Gasteiger partial charge in [0.1, 0.15) is 0 Å². The van der Waals surface area contributed by atoms with E-state index >= 15 is 0 Å². The van der Waals surface area contributed by atoms with Crippen LogP contribution in [0, 0.1) is 0 Å². The fraction of sp³-hybridized carbons (Fsp3) is 0. The highest BCUT2D eigenvalue weighted by molar-refractivity contribution is 7.19. The van der Waals surface area contributed by atoms with Crippen molar-refractivity contribution in [1.82, 2.24) is 0 Å². The maximum atomic E-state index is 2.38. The highest BCUT2D eigenvalue weighted by Crippen LogP contribution is 2.48. The monoisotopic (exact) mass is 1070 g/mol. The molecular formula is C80H50S2. The van der Waals surface area contributed by atoms with Gasteiger partial charge in [-0.05, 0) is 191 Å². The Bertz CT molecular complexity index is 5020. The van der Waals surface area contributed by atoms with Gasteiger partial charge in [-0.2, -0.15) is 0 Å². The van der Waals surface area contributed by atoms with Crippen molar-refractivity contribution in [1.29, 1.82) is 0 Å². The largest absolute Gasteiger partial charge is 0.135 e. The average Bonchev–Trinajstić information content (AvgIpc) is 3.96. The van der Waals surface area contributed by atoms with E-state index in [1.807, 2.05) is 22.7 Å². The molecule has 14 aromatic carbocycles. The summed E-state index contributed by atoms with van der Waals surface area (Å²) >= 11 is 3.70. The van der Waals surface area contributed by atoms with Gasteiger partial charge in [0.05, 0.1) is 0 Å². The van der Waals surface area contributed by atoms with Crippen LogP contribution in [0.15, 0.2) is 303 Å². The van der Waals surface area contributed by atoms with E-state index in [2.05, 4.69) is 303 Å². The maximum absolute atomic E-state index is 2.38. The van der Waals surface area contributed by atoms with E-state index in [0.29, 0.717) is 0 Å². The van der Waals surface area contributed by atoms with Crippen LogP contribution in [0.1, 0.15) is 0 Å². The molecule has 0 aliphatic rings. The molecule has 0 N–H and O–H groups in total. The molecule has 16 rings (SSSR count). The van der Waals surface area contributed by atoms with Gasteiger partial charge in [-0.3, -0.25) is 0 Å². The molecule has 0 saturated heterocycles. The smallest absolute Gasteiger partial charge is 0.0349 e. The van der Waals surface area contributed by atoms with Gasteiger partial charge in [-0.25, -0.2) is 0 Å². The SMILES string of the molecule is c1ccc(-c2ccc(-c3cccc(-c4c5ccccc5c(-c5ccc6cc(-c7ccc(-c8ccc(-c9ccc(-c%10c%11ccccc%11c(-c%11ccc%12ccccc%12c%11)c%11ccccc%10%11)cc9)s8)cc7)ccc6c5)c5ccccc45)c3)s2)cc1. The van der Waals surface area contributed by atoms with Crippen LogP contribution in [0.5, 0.6) is 0 Å². The third-order valence-electron chi connectivity index (χ3n) is 16.7. The van der Waals surface area contributed by atoms with E-state index in [1.165, 1.54) is 162 Å². The van der Waals surface area contributed by atoms with Gasteiger partial charge >= 0.3 is 0 Å². The van der Waals surface area contributed by atoms with Crippen LogP contribution in [-0.4, -0.2) is 0 Å². The second-order valence-corrected chi connectivity index (χ2v) is 23.6. The molecule has 0 bridgehead atoms. The summed E-state index contributed by atoms with van der Waals surface area (Å²) in [6.07, 6.45) is 0. The Labute approximate surface area is 484 Å². The summed E-state index contributed by atoms with van der Waals surface area (Å²) in [5.41, 5.74) is 17.4. The van der Waals surface area contributed by atoms with Gasteiger partial charge < -0.3 is 0 Å². The lowest BCUT2D eigenvalue weighted by Crippen LogP contribution is -1.91. The Morgan fingerprint density at radius 1 is 0.146 bits per heavy atom. The van der Waals surface area contributed by atoms with Gasteiger partial charge in [0, 0.05) is 19.5 Å². The third kappa shape index (κ3) is 8.34. The molecule has 2 aromatic heterocycles. The van der Waals surface area contributed by atoms with Gasteiger partial charge in [0.2, 0.25) is 0 Å². The second-order valence-electron chi connectivity index (χ2n) is 21.5. The van der Waals surface area contributed by atoms with Crippen molar-refractivity contribution in [3.8, 4) is 97.4 Å². The second kappa shape index (κ2) is 20.0. The van der Waals surface area contributed by atoms with Crippen molar-refractivity contribution in [2.75, 3.05) is 0 Å². The van der Waals surface area contributed by atoms with E-state index in [4.69, 9.17) is 0 Å². The topological polar surface area (TPSA) is 0 Å². The van der Waals surface area contributed by atoms with Crippen LogP contribution < -0.4 is 0 Å². The first kappa shape index (κ1) is 48.0. The van der Waals surface area contributed by atoms with E-state index in [0.717, 1.165) is 0 Å².